The van der Waals surface area contributed by atoms with Crippen molar-refractivity contribution in [2.75, 3.05) is 25.5 Å². The van der Waals surface area contributed by atoms with E-state index in [0.717, 1.165) is 62.4 Å². The van der Waals surface area contributed by atoms with Crippen LogP contribution < -0.4 is 5.32 Å². The number of hydrogen-bond acceptors (Lipinski definition) is 7. The van der Waals surface area contributed by atoms with Crippen LogP contribution in [0.15, 0.2) is 42.9 Å². The lowest BCUT2D eigenvalue weighted by Crippen LogP contribution is -2.61. The normalized spacial score (nSPS) is 22.9. The number of carbonyl (C=O) groups is 2. The Kier molecular flexibility index (Phi) is 5.50. The van der Waals surface area contributed by atoms with Crippen LogP contribution in [0.1, 0.15) is 54.1 Å². The fourth-order valence-corrected chi connectivity index (χ4v) is 5.89. The highest BCUT2D eigenvalue weighted by molar-refractivity contribution is 5.97. The van der Waals surface area contributed by atoms with Gasteiger partial charge in [-0.2, -0.15) is 5.10 Å². The Bertz CT molecular complexity index is 1310. The zero-order valence-corrected chi connectivity index (χ0v) is 20.6. The SMILES string of the molecule is COC(=O)c1ccccc1-c1nc(Nc2cnn(C3CCN(C(=O)C45CC(C4)C5)CC3)c2)ncc1C. The van der Waals surface area contributed by atoms with Crippen molar-refractivity contribution < 1.29 is 14.3 Å². The zero-order valence-electron chi connectivity index (χ0n) is 20.6. The van der Waals surface area contributed by atoms with Crippen molar-refractivity contribution >= 4 is 23.5 Å². The molecule has 9 nitrogen and oxygen atoms in total. The number of piperidine rings is 1. The Morgan fingerprint density at radius 2 is 1.86 bits per heavy atom. The number of rotatable bonds is 6. The van der Waals surface area contributed by atoms with Crippen LogP contribution in [0.2, 0.25) is 0 Å². The van der Waals surface area contributed by atoms with Gasteiger partial charge in [0, 0.05) is 31.0 Å². The fraction of sp³-hybridized carbons (Fsp3) is 0.444. The standard InChI is InChI=1S/C27H30N6O3/c1-17-14-28-26(31-23(17)21-5-3-4-6-22(21)24(34)36-2)30-19-15-29-33(16-19)20-7-9-32(10-8-20)25(35)27-11-18(12-27)13-27/h3-6,14-16,18,20H,7-13H2,1-2H3,(H,28,30,31). The molecule has 1 aromatic carbocycles. The number of ether oxygens (including phenoxy) is 1. The average molecular weight is 487 g/mol. The van der Waals surface area contributed by atoms with Gasteiger partial charge in [0.05, 0.1) is 41.7 Å². The van der Waals surface area contributed by atoms with Crippen molar-refractivity contribution in [2.24, 2.45) is 11.3 Å². The Morgan fingerprint density at radius 3 is 2.56 bits per heavy atom. The molecular weight excluding hydrogens is 456 g/mol. The third-order valence-electron chi connectivity index (χ3n) is 8.03. The summed E-state index contributed by atoms with van der Waals surface area (Å²) in [7, 11) is 1.37. The molecule has 3 aromatic rings. The number of benzene rings is 1. The number of aromatic nitrogens is 4. The van der Waals surface area contributed by atoms with Gasteiger partial charge in [0.15, 0.2) is 0 Å². The number of methoxy groups -OCH3 is 1. The molecule has 9 heteroatoms. The van der Waals surface area contributed by atoms with Crippen molar-refractivity contribution in [3.05, 3.63) is 54.0 Å². The highest BCUT2D eigenvalue weighted by atomic mass is 16.5. The lowest BCUT2D eigenvalue weighted by atomic mass is 9.44. The summed E-state index contributed by atoms with van der Waals surface area (Å²) in [6, 6.07) is 7.52. The first-order valence-corrected chi connectivity index (χ1v) is 12.6. The Hall–Kier alpha value is -3.75. The van der Waals surface area contributed by atoms with E-state index in [-0.39, 0.29) is 11.5 Å². The smallest absolute Gasteiger partial charge is 0.338 e. The van der Waals surface area contributed by atoms with Crippen LogP contribution in [0.3, 0.4) is 0 Å². The van der Waals surface area contributed by atoms with E-state index in [2.05, 4.69) is 20.3 Å². The molecule has 2 bridgehead atoms. The molecule has 4 fully saturated rings. The second-order valence-corrected chi connectivity index (χ2v) is 10.4. The second kappa shape index (κ2) is 8.72. The maximum atomic E-state index is 12.9. The molecule has 4 aliphatic rings. The summed E-state index contributed by atoms with van der Waals surface area (Å²) in [4.78, 5) is 36.3. The lowest BCUT2D eigenvalue weighted by Gasteiger charge is -2.61. The van der Waals surface area contributed by atoms with Gasteiger partial charge in [-0.1, -0.05) is 18.2 Å². The summed E-state index contributed by atoms with van der Waals surface area (Å²) in [6.45, 7) is 3.50. The first-order chi connectivity index (χ1) is 17.5. The van der Waals surface area contributed by atoms with E-state index in [1.807, 2.05) is 29.9 Å². The maximum Gasteiger partial charge on any atom is 0.338 e. The van der Waals surface area contributed by atoms with Gasteiger partial charge in [-0.3, -0.25) is 9.48 Å². The second-order valence-electron chi connectivity index (χ2n) is 10.4. The predicted molar refractivity (Wildman–Crippen MR) is 134 cm³/mol. The number of anilines is 2. The fourth-order valence-electron chi connectivity index (χ4n) is 5.89. The number of aryl methyl sites for hydroxylation is 1. The molecule has 0 atom stereocenters. The molecule has 1 N–H and O–H groups in total. The monoisotopic (exact) mass is 486 g/mol. The van der Waals surface area contributed by atoms with Gasteiger partial charge in [-0.25, -0.2) is 14.8 Å². The van der Waals surface area contributed by atoms with Gasteiger partial charge in [0.2, 0.25) is 11.9 Å². The molecule has 1 saturated heterocycles. The molecule has 1 amide bonds. The first-order valence-electron chi connectivity index (χ1n) is 12.6. The Balaban J connectivity index is 1.13. The van der Waals surface area contributed by atoms with Gasteiger partial charge in [0.25, 0.3) is 0 Å². The first kappa shape index (κ1) is 22.7. The third-order valence-corrected chi connectivity index (χ3v) is 8.03. The highest BCUT2D eigenvalue weighted by Gasteiger charge is 2.62. The molecular formula is C27H30N6O3. The van der Waals surface area contributed by atoms with E-state index in [1.165, 1.54) is 7.11 Å². The summed E-state index contributed by atoms with van der Waals surface area (Å²) < 4.78 is 6.92. The minimum absolute atomic E-state index is 0.00451. The Labute approximate surface area is 209 Å². The molecule has 0 spiro atoms. The Morgan fingerprint density at radius 1 is 1.11 bits per heavy atom. The van der Waals surface area contributed by atoms with Crippen molar-refractivity contribution in [3.8, 4) is 11.3 Å². The summed E-state index contributed by atoms with van der Waals surface area (Å²) in [5.41, 5.74) is 3.47. The van der Waals surface area contributed by atoms with Gasteiger partial charge >= 0.3 is 5.97 Å². The van der Waals surface area contributed by atoms with Crippen LogP contribution in [-0.2, 0) is 9.53 Å². The molecule has 3 heterocycles. The van der Waals surface area contributed by atoms with Gasteiger partial charge < -0.3 is 15.0 Å². The summed E-state index contributed by atoms with van der Waals surface area (Å²) in [5.74, 6) is 1.22. The molecule has 2 aromatic heterocycles. The van der Waals surface area contributed by atoms with E-state index in [0.29, 0.717) is 28.7 Å². The summed E-state index contributed by atoms with van der Waals surface area (Å²) in [5, 5.41) is 7.81. The van der Waals surface area contributed by atoms with Crippen LogP contribution in [-0.4, -0.2) is 56.7 Å². The number of amides is 1. The van der Waals surface area contributed by atoms with Crippen LogP contribution in [0, 0.1) is 18.3 Å². The number of likely N-dealkylation sites (tertiary alicyclic amines) is 1. The largest absolute Gasteiger partial charge is 0.465 e. The molecule has 3 saturated carbocycles. The summed E-state index contributed by atoms with van der Waals surface area (Å²) >= 11 is 0. The molecule has 3 aliphatic carbocycles. The zero-order chi connectivity index (χ0) is 24.9. The van der Waals surface area contributed by atoms with E-state index in [4.69, 9.17) is 9.72 Å². The van der Waals surface area contributed by atoms with E-state index < -0.39 is 5.97 Å². The van der Waals surface area contributed by atoms with Gasteiger partial charge in [0.1, 0.15) is 0 Å². The molecule has 0 unspecified atom stereocenters. The number of nitrogens with zero attached hydrogens (tertiary/aromatic N) is 5. The molecule has 7 rings (SSSR count). The third kappa shape index (κ3) is 3.83. The topological polar surface area (TPSA) is 102 Å². The predicted octanol–water partition coefficient (Wildman–Crippen LogP) is 4.14. The minimum atomic E-state index is -0.406. The maximum absolute atomic E-state index is 12.9. The molecule has 0 radical (unpaired) electrons. The van der Waals surface area contributed by atoms with E-state index >= 15 is 0 Å². The summed E-state index contributed by atoms with van der Waals surface area (Å²) in [6.07, 6.45) is 10.6. The number of carbonyl (C=O) groups excluding carboxylic acids is 2. The van der Waals surface area contributed by atoms with Crippen molar-refractivity contribution in [3.63, 3.8) is 0 Å². The van der Waals surface area contributed by atoms with Crippen molar-refractivity contribution in [2.45, 2.75) is 45.1 Å². The highest BCUT2D eigenvalue weighted by Crippen LogP contribution is 2.65. The number of esters is 1. The lowest BCUT2D eigenvalue weighted by molar-refractivity contribution is -0.178. The van der Waals surface area contributed by atoms with Crippen LogP contribution in [0.25, 0.3) is 11.3 Å². The average Bonchev–Trinajstić information content (AvgIpc) is 3.31. The molecule has 1 aliphatic heterocycles. The number of hydrogen-bond donors (Lipinski definition) is 1. The number of nitrogens with one attached hydrogen (secondary N) is 1. The van der Waals surface area contributed by atoms with Crippen molar-refractivity contribution in [1.29, 1.82) is 0 Å². The van der Waals surface area contributed by atoms with Crippen molar-refractivity contribution in [1.82, 2.24) is 24.6 Å². The van der Waals surface area contributed by atoms with Gasteiger partial charge in [-0.15, -0.1) is 0 Å². The molecule has 36 heavy (non-hydrogen) atoms. The van der Waals surface area contributed by atoms with E-state index in [9.17, 15) is 9.59 Å². The van der Waals surface area contributed by atoms with Crippen LogP contribution in [0.4, 0.5) is 11.6 Å². The molecule has 186 valence electrons. The van der Waals surface area contributed by atoms with Crippen LogP contribution >= 0.6 is 0 Å². The minimum Gasteiger partial charge on any atom is -0.465 e. The van der Waals surface area contributed by atoms with Crippen LogP contribution in [0.5, 0.6) is 0 Å². The van der Waals surface area contributed by atoms with E-state index in [1.54, 1.807) is 24.5 Å². The quantitative estimate of drug-likeness (QED) is 0.523. The van der Waals surface area contributed by atoms with Gasteiger partial charge in [-0.05, 0) is 56.6 Å².